The number of carbonyl (C=O) groups is 1. The average molecular weight is 285 g/mol. The van der Waals surface area contributed by atoms with Crippen LogP contribution in [0.5, 0.6) is 0 Å². The van der Waals surface area contributed by atoms with Crippen molar-refractivity contribution >= 4 is 22.0 Å². The first-order valence-corrected chi connectivity index (χ1v) is 5.90. The number of rotatable bonds is 3. The Hall–Kier alpha value is -1.07. The lowest BCUT2D eigenvalue weighted by Crippen LogP contribution is -2.32. The van der Waals surface area contributed by atoms with Gasteiger partial charge in [0.2, 0.25) is 0 Å². The number of cyclic esters (lactones) is 1. The van der Waals surface area contributed by atoms with E-state index in [4.69, 9.17) is 10.5 Å². The van der Waals surface area contributed by atoms with Gasteiger partial charge in [0.1, 0.15) is 6.61 Å². The molecule has 0 aliphatic carbocycles. The second kappa shape index (κ2) is 4.84. The van der Waals surface area contributed by atoms with E-state index >= 15 is 0 Å². The lowest BCUT2D eigenvalue weighted by Gasteiger charge is -2.20. The van der Waals surface area contributed by atoms with Gasteiger partial charge >= 0.3 is 6.09 Å². The Kier molecular flexibility index (Phi) is 3.46. The smallest absolute Gasteiger partial charge is 0.410 e. The molecule has 1 heterocycles. The summed E-state index contributed by atoms with van der Waals surface area (Å²) >= 11 is 3.41. The number of nitrogens with zero attached hydrogens (tertiary/aromatic N) is 1. The maximum atomic E-state index is 11.5. The summed E-state index contributed by atoms with van der Waals surface area (Å²) in [7, 11) is 0. The fourth-order valence-electron chi connectivity index (χ4n) is 1.83. The second-order valence-corrected chi connectivity index (χ2v) is 4.55. The van der Waals surface area contributed by atoms with Crippen LogP contribution in [0.15, 0.2) is 28.7 Å². The van der Waals surface area contributed by atoms with Crippen LogP contribution in [-0.2, 0) is 4.74 Å². The standard InChI is InChI=1S/C11H13BrN2O2/c12-9-3-1-2-8(6-9)10-7-16-11(15)14(10)5-4-13/h1-3,6,10H,4-5,7,13H2. The molecular weight excluding hydrogens is 272 g/mol. The number of amides is 1. The van der Waals surface area contributed by atoms with Gasteiger partial charge in [-0.25, -0.2) is 4.79 Å². The van der Waals surface area contributed by atoms with Gasteiger partial charge in [0.15, 0.2) is 0 Å². The summed E-state index contributed by atoms with van der Waals surface area (Å²) in [5.41, 5.74) is 6.55. The molecule has 1 amide bonds. The third-order valence-electron chi connectivity index (χ3n) is 2.58. The summed E-state index contributed by atoms with van der Waals surface area (Å²) in [6.45, 7) is 1.37. The number of nitrogens with two attached hydrogens (primary N) is 1. The molecule has 0 aromatic heterocycles. The van der Waals surface area contributed by atoms with Crippen molar-refractivity contribution in [3.8, 4) is 0 Å². The van der Waals surface area contributed by atoms with Crippen LogP contribution in [0.2, 0.25) is 0 Å². The van der Waals surface area contributed by atoms with E-state index in [1.807, 2.05) is 24.3 Å². The predicted molar refractivity (Wildman–Crippen MR) is 64.0 cm³/mol. The number of carbonyl (C=O) groups excluding carboxylic acids is 1. The molecule has 1 aliphatic heterocycles. The topological polar surface area (TPSA) is 55.6 Å². The normalized spacial score (nSPS) is 20.0. The Morgan fingerprint density at radius 1 is 1.56 bits per heavy atom. The number of halogens is 1. The van der Waals surface area contributed by atoms with E-state index in [2.05, 4.69) is 15.9 Å². The maximum Gasteiger partial charge on any atom is 0.410 e. The minimum atomic E-state index is -0.282. The Bertz CT molecular complexity index is 397. The second-order valence-electron chi connectivity index (χ2n) is 3.63. The van der Waals surface area contributed by atoms with Crippen molar-refractivity contribution in [3.63, 3.8) is 0 Å². The first kappa shape index (κ1) is 11.4. The largest absolute Gasteiger partial charge is 0.447 e. The highest BCUT2D eigenvalue weighted by molar-refractivity contribution is 9.10. The molecule has 1 aromatic carbocycles. The van der Waals surface area contributed by atoms with Crippen LogP contribution in [0.4, 0.5) is 4.79 Å². The third kappa shape index (κ3) is 2.20. The summed E-state index contributed by atoms with van der Waals surface area (Å²) in [4.78, 5) is 13.1. The van der Waals surface area contributed by atoms with Gasteiger partial charge in [-0.15, -0.1) is 0 Å². The minimum absolute atomic E-state index is 0.0199. The molecule has 1 saturated heterocycles. The van der Waals surface area contributed by atoms with Crippen molar-refractivity contribution in [1.29, 1.82) is 0 Å². The molecule has 1 aromatic rings. The third-order valence-corrected chi connectivity index (χ3v) is 3.07. The van der Waals surface area contributed by atoms with Crippen molar-refractivity contribution in [1.82, 2.24) is 4.90 Å². The zero-order chi connectivity index (χ0) is 11.5. The number of benzene rings is 1. The van der Waals surface area contributed by atoms with Crippen LogP contribution in [0.25, 0.3) is 0 Å². The quantitative estimate of drug-likeness (QED) is 0.922. The predicted octanol–water partition coefficient (Wildman–Crippen LogP) is 1.90. The highest BCUT2D eigenvalue weighted by Gasteiger charge is 2.33. The first-order chi connectivity index (χ1) is 7.72. The average Bonchev–Trinajstić information content (AvgIpc) is 2.61. The van der Waals surface area contributed by atoms with Crippen LogP contribution in [0, 0.1) is 0 Å². The number of hydrogen-bond donors (Lipinski definition) is 1. The van der Waals surface area contributed by atoms with Crippen molar-refractivity contribution < 1.29 is 9.53 Å². The van der Waals surface area contributed by atoms with E-state index in [1.165, 1.54) is 0 Å². The van der Waals surface area contributed by atoms with Gasteiger partial charge < -0.3 is 10.5 Å². The highest BCUT2D eigenvalue weighted by Crippen LogP contribution is 2.28. The number of hydrogen-bond acceptors (Lipinski definition) is 3. The van der Waals surface area contributed by atoms with E-state index in [-0.39, 0.29) is 12.1 Å². The molecule has 5 heteroatoms. The van der Waals surface area contributed by atoms with Crippen molar-refractivity contribution in [2.24, 2.45) is 5.73 Å². The van der Waals surface area contributed by atoms with Gasteiger partial charge in [-0.05, 0) is 17.7 Å². The van der Waals surface area contributed by atoms with Gasteiger partial charge in [-0.2, -0.15) is 0 Å². The Morgan fingerprint density at radius 3 is 3.06 bits per heavy atom. The fourth-order valence-corrected chi connectivity index (χ4v) is 2.24. The molecule has 1 atom stereocenters. The van der Waals surface area contributed by atoms with Crippen LogP contribution >= 0.6 is 15.9 Å². The van der Waals surface area contributed by atoms with Crippen molar-refractivity contribution in [2.75, 3.05) is 19.7 Å². The van der Waals surface area contributed by atoms with Gasteiger partial charge in [0, 0.05) is 17.6 Å². The Morgan fingerprint density at radius 2 is 2.38 bits per heavy atom. The van der Waals surface area contributed by atoms with E-state index in [9.17, 15) is 4.79 Å². The molecule has 2 rings (SSSR count). The van der Waals surface area contributed by atoms with Gasteiger partial charge in [0.25, 0.3) is 0 Å². The molecular formula is C11H13BrN2O2. The molecule has 86 valence electrons. The zero-order valence-electron chi connectivity index (χ0n) is 8.73. The van der Waals surface area contributed by atoms with E-state index in [0.717, 1.165) is 10.0 Å². The first-order valence-electron chi connectivity index (χ1n) is 5.11. The molecule has 0 radical (unpaired) electrons. The summed E-state index contributed by atoms with van der Waals surface area (Å²) in [6, 6.07) is 7.86. The summed E-state index contributed by atoms with van der Waals surface area (Å²) in [6.07, 6.45) is -0.282. The molecule has 1 unspecified atom stereocenters. The fraction of sp³-hybridized carbons (Fsp3) is 0.364. The number of ether oxygens (including phenoxy) is 1. The molecule has 0 spiro atoms. The molecule has 0 saturated carbocycles. The highest BCUT2D eigenvalue weighted by atomic mass is 79.9. The van der Waals surface area contributed by atoms with Gasteiger partial charge in [-0.3, -0.25) is 4.90 Å². The lowest BCUT2D eigenvalue weighted by atomic mass is 10.1. The maximum absolute atomic E-state index is 11.5. The van der Waals surface area contributed by atoms with E-state index < -0.39 is 0 Å². The molecule has 1 aliphatic rings. The molecule has 1 fully saturated rings. The van der Waals surface area contributed by atoms with Crippen molar-refractivity contribution in [3.05, 3.63) is 34.3 Å². The van der Waals surface area contributed by atoms with Crippen LogP contribution in [-0.4, -0.2) is 30.7 Å². The van der Waals surface area contributed by atoms with E-state index in [1.54, 1.807) is 4.90 Å². The monoisotopic (exact) mass is 284 g/mol. The SMILES string of the molecule is NCCN1C(=O)OCC1c1cccc(Br)c1. The zero-order valence-corrected chi connectivity index (χ0v) is 10.3. The van der Waals surface area contributed by atoms with Crippen LogP contribution in [0.3, 0.4) is 0 Å². The molecule has 4 nitrogen and oxygen atoms in total. The molecule has 0 bridgehead atoms. The summed E-state index contributed by atoms with van der Waals surface area (Å²) in [5.74, 6) is 0. The van der Waals surface area contributed by atoms with Crippen LogP contribution in [0.1, 0.15) is 11.6 Å². The molecule has 16 heavy (non-hydrogen) atoms. The lowest BCUT2D eigenvalue weighted by molar-refractivity contribution is 0.158. The van der Waals surface area contributed by atoms with Gasteiger partial charge in [-0.1, -0.05) is 28.1 Å². The Labute approximate surface area is 102 Å². The summed E-state index contributed by atoms with van der Waals surface area (Å²) < 4.78 is 6.04. The van der Waals surface area contributed by atoms with Crippen molar-refractivity contribution in [2.45, 2.75) is 6.04 Å². The summed E-state index contributed by atoms with van der Waals surface area (Å²) in [5, 5.41) is 0. The Balaban J connectivity index is 2.23. The van der Waals surface area contributed by atoms with Crippen LogP contribution < -0.4 is 5.73 Å². The minimum Gasteiger partial charge on any atom is -0.447 e. The van der Waals surface area contributed by atoms with Gasteiger partial charge in [0.05, 0.1) is 6.04 Å². The van der Waals surface area contributed by atoms with E-state index in [0.29, 0.717) is 19.7 Å². The molecule has 2 N–H and O–H groups in total.